The van der Waals surface area contributed by atoms with Crippen LogP contribution in [0.4, 0.5) is 0 Å². The van der Waals surface area contributed by atoms with Crippen LogP contribution in [0, 0.1) is 3.57 Å². The minimum atomic E-state index is 0. The third-order valence-corrected chi connectivity index (χ3v) is 1.45. The minimum absolute atomic E-state index is 0. The lowest BCUT2D eigenvalue weighted by molar-refractivity contribution is 1.65. The van der Waals surface area contributed by atoms with Gasteiger partial charge >= 0.3 is 0 Å². The van der Waals surface area contributed by atoms with E-state index >= 15 is 0 Å². The zero-order chi connectivity index (χ0) is 5.11. The van der Waals surface area contributed by atoms with Crippen LogP contribution in [0.15, 0.2) is 30.3 Å². The van der Waals surface area contributed by atoms with Crippen LogP contribution in [0.3, 0.4) is 0 Å². The Kier molecular flexibility index (Phi) is 9.53. The molecule has 0 N–H and O–H groups in total. The summed E-state index contributed by atoms with van der Waals surface area (Å²) in [6.45, 7) is 0. The fourth-order valence-electron chi connectivity index (χ4n) is 0.415. The van der Waals surface area contributed by atoms with E-state index in [-0.39, 0.29) is 29.8 Å². The second-order valence-corrected chi connectivity index (χ2v) is 2.54. The van der Waals surface area contributed by atoms with Crippen LogP contribution in [0.1, 0.15) is 0 Å². The normalized spacial score (nSPS) is 6.78. The van der Waals surface area contributed by atoms with Gasteiger partial charge in [-0.25, -0.2) is 0 Å². The smallest absolute Gasteiger partial charge is 0.147 e. The summed E-state index contributed by atoms with van der Waals surface area (Å²) < 4.78 is 1.29. The lowest BCUT2D eigenvalue weighted by Gasteiger charge is -1.80. The van der Waals surface area contributed by atoms with Gasteiger partial charge in [-0.15, -0.1) is 12.4 Å². The Morgan fingerprint density at radius 1 is 1.00 bits per heavy atom. The van der Waals surface area contributed by atoms with Crippen LogP contribution in [0.25, 0.3) is 0 Å². The molecule has 1 rings (SSSR count). The number of hydrogen-bond acceptors (Lipinski definition) is 0. The lowest BCUT2D eigenvalue weighted by atomic mass is 10.4. The Balaban J connectivity index is 0. The van der Waals surface area contributed by atoms with Crippen molar-refractivity contribution in [2.45, 2.75) is 0 Å². The zero-order valence-electron chi connectivity index (χ0n) is 4.17. The summed E-state index contributed by atoms with van der Waals surface area (Å²) >= 11 is 2.28. The molecule has 0 saturated carbocycles. The highest BCUT2D eigenvalue weighted by Gasteiger charge is 1.74. The molecule has 9 heavy (non-hydrogen) atoms. The van der Waals surface area contributed by atoms with Crippen LogP contribution >= 0.6 is 35.0 Å². The summed E-state index contributed by atoms with van der Waals surface area (Å²) in [5.74, 6) is 0. The lowest BCUT2D eigenvalue weighted by Crippen LogP contribution is -1.61. The highest BCUT2D eigenvalue weighted by molar-refractivity contribution is 14.1. The molecule has 0 radical (unpaired) electrons. The summed E-state index contributed by atoms with van der Waals surface area (Å²) in [5.41, 5.74) is 0. The third-order valence-electron chi connectivity index (χ3n) is 0.733. The standard InChI is InChI=1S/C6H5I.Al.ClH.3H/c7-6-4-2-1-3-5-6;;;;;/h1-5H;;1H;;;. The Morgan fingerprint density at radius 2 is 1.44 bits per heavy atom. The molecule has 1 aromatic carbocycles. The molecule has 3 heteroatoms. The van der Waals surface area contributed by atoms with Crippen molar-refractivity contribution >= 4 is 52.4 Å². The summed E-state index contributed by atoms with van der Waals surface area (Å²) in [5, 5.41) is 0. The SMILES string of the molecule is Cl.Ic1ccccc1.[AlH3]. The van der Waals surface area contributed by atoms with Crippen molar-refractivity contribution in [3.63, 3.8) is 0 Å². The van der Waals surface area contributed by atoms with E-state index in [0.717, 1.165) is 0 Å². The van der Waals surface area contributed by atoms with Crippen molar-refractivity contribution in [1.29, 1.82) is 0 Å². The molecular weight excluding hydrogens is 261 g/mol. The van der Waals surface area contributed by atoms with Gasteiger partial charge < -0.3 is 0 Å². The Labute approximate surface area is 85.7 Å². The average molecular weight is 270 g/mol. The molecule has 0 spiro atoms. The van der Waals surface area contributed by atoms with E-state index in [4.69, 9.17) is 0 Å². The van der Waals surface area contributed by atoms with Crippen molar-refractivity contribution in [3.8, 4) is 0 Å². The minimum Gasteiger partial charge on any atom is -0.147 e. The third kappa shape index (κ3) is 5.23. The van der Waals surface area contributed by atoms with E-state index in [1.54, 1.807) is 0 Å². The Hall–Kier alpha value is 0.772. The van der Waals surface area contributed by atoms with Gasteiger partial charge in [-0.05, 0) is 34.7 Å². The molecule has 0 fully saturated rings. The number of benzene rings is 1. The summed E-state index contributed by atoms with van der Waals surface area (Å²) in [4.78, 5) is 0. The maximum absolute atomic E-state index is 2.28. The van der Waals surface area contributed by atoms with Gasteiger partial charge in [0.15, 0.2) is 17.4 Å². The van der Waals surface area contributed by atoms with Gasteiger partial charge in [-0.1, -0.05) is 18.2 Å². The van der Waals surface area contributed by atoms with E-state index in [1.165, 1.54) is 3.57 Å². The molecule has 0 bridgehead atoms. The molecule has 0 atom stereocenters. The first-order chi connectivity index (χ1) is 3.39. The predicted octanol–water partition coefficient (Wildman–Crippen LogP) is 1.53. The van der Waals surface area contributed by atoms with E-state index in [1.807, 2.05) is 18.2 Å². The molecule has 0 nitrogen and oxygen atoms in total. The van der Waals surface area contributed by atoms with Gasteiger partial charge in [0.2, 0.25) is 0 Å². The first kappa shape index (κ1) is 12.4. The Bertz CT molecular complexity index is 143. The monoisotopic (exact) mass is 270 g/mol. The zero-order valence-corrected chi connectivity index (χ0v) is 7.15. The topological polar surface area (TPSA) is 0 Å². The first-order valence-electron chi connectivity index (χ1n) is 2.10. The van der Waals surface area contributed by atoms with Crippen molar-refractivity contribution in [2.75, 3.05) is 0 Å². The van der Waals surface area contributed by atoms with Crippen LogP contribution in [0.5, 0.6) is 0 Å². The fourth-order valence-corrected chi connectivity index (χ4v) is 0.830. The second-order valence-electron chi connectivity index (χ2n) is 1.30. The molecule has 0 aromatic heterocycles. The van der Waals surface area contributed by atoms with E-state index in [2.05, 4.69) is 34.7 Å². The molecule has 0 amide bonds. The molecule has 0 aliphatic heterocycles. The van der Waals surface area contributed by atoms with Crippen molar-refractivity contribution in [3.05, 3.63) is 33.9 Å². The quantitative estimate of drug-likeness (QED) is 0.495. The number of rotatable bonds is 0. The molecule has 0 saturated heterocycles. The van der Waals surface area contributed by atoms with E-state index < -0.39 is 0 Å². The van der Waals surface area contributed by atoms with Crippen molar-refractivity contribution in [1.82, 2.24) is 0 Å². The van der Waals surface area contributed by atoms with Crippen molar-refractivity contribution < 1.29 is 0 Å². The molecule has 0 aliphatic rings. The predicted molar refractivity (Wildman–Crippen MR) is 56.3 cm³/mol. The van der Waals surface area contributed by atoms with Crippen molar-refractivity contribution in [2.24, 2.45) is 0 Å². The highest BCUT2D eigenvalue weighted by atomic mass is 127. The maximum Gasteiger partial charge on any atom is 0.187 e. The summed E-state index contributed by atoms with van der Waals surface area (Å²) in [6, 6.07) is 10.2. The molecule has 1 aromatic rings. The van der Waals surface area contributed by atoms with Crippen LogP contribution in [-0.2, 0) is 0 Å². The van der Waals surface area contributed by atoms with E-state index in [0.29, 0.717) is 0 Å². The molecular formula is C6H9AlClI. The van der Waals surface area contributed by atoms with Crippen LogP contribution in [0.2, 0.25) is 0 Å². The second kappa shape index (κ2) is 6.89. The van der Waals surface area contributed by atoms with Gasteiger partial charge in [0.05, 0.1) is 0 Å². The van der Waals surface area contributed by atoms with Gasteiger partial charge in [-0.3, -0.25) is 0 Å². The highest BCUT2D eigenvalue weighted by Crippen LogP contribution is 1.99. The average Bonchev–Trinajstić information content (AvgIpc) is 1.69. The Morgan fingerprint density at radius 3 is 1.67 bits per heavy atom. The molecule has 0 unspecified atom stereocenters. The maximum atomic E-state index is 2.28. The molecule has 0 aliphatic carbocycles. The molecule has 50 valence electrons. The van der Waals surface area contributed by atoms with E-state index in [9.17, 15) is 0 Å². The van der Waals surface area contributed by atoms with Crippen LogP contribution in [-0.4, -0.2) is 17.4 Å². The largest absolute Gasteiger partial charge is 0.187 e. The molecule has 0 heterocycles. The number of hydrogen-bond donors (Lipinski definition) is 0. The first-order valence-corrected chi connectivity index (χ1v) is 3.18. The fraction of sp³-hybridized carbons (Fsp3) is 0. The van der Waals surface area contributed by atoms with Gasteiger partial charge in [0.1, 0.15) is 0 Å². The summed E-state index contributed by atoms with van der Waals surface area (Å²) in [6.07, 6.45) is 0. The van der Waals surface area contributed by atoms with Crippen LogP contribution < -0.4 is 0 Å². The van der Waals surface area contributed by atoms with Gasteiger partial charge in [0, 0.05) is 3.57 Å². The van der Waals surface area contributed by atoms with Gasteiger partial charge in [0.25, 0.3) is 0 Å². The number of halogens is 2. The van der Waals surface area contributed by atoms with Gasteiger partial charge in [-0.2, -0.15) is 0 Å². The summed E-state index contributed by atoms with van der Waals surface area (Å²) in [7, 11) is 0.